The molecule has 0 aliphatic heterocycles. The lowest BCUT2D eigenvalue weighted by Crippen LogP contribution is -2.16. The second kappa shape index (κ2) is 9.94. The first-order chi connectivity index (χ1) is 14.6. The topological polar surface area (TPSA) is 120 Å². The van der Waals surface area contributed by atoms with Crippen LogP contribution in [0, 0.1) is 5.82 Å². The summed E-state index contributed by atoms with van der Waals surface area (Å²) in [6, 6.07) is 6.11. The second-order valence-corrected chi connectivity index (χ2v) is 7.74. The summed E-state index contributed by atoms with van der Waals surface area (Å²) in [4.78, 5) is 22.2. The van der Waals surface area contributed by atoms with Crippen molar-refractivity contribution in [1.29, 1.82) is 0 Å². The molecule has 0 unspecified atom stereocenters. The molecule has 0 saturated heterocycles. The number of rotatable bonds is 8. The van der Waals surface area contributed by atoms with Gasteiger partial charge >= 0.3 is 5.97 Å². The maximum absolute atomic E-state index is 14.3. The molecule has 166 valence electrons. The van der Waals surface area contributed by atoms with Gasteiger partial charge in [-0.25, -0.2) is 17.6 Å². The minimum absolute atomic E-state index is 0.0716. The highest BCUT2D eigenvalue weighted by Gasteiger charge is 2.25. The van der Waals surface area contributed by atoms with E-state index in [9.17, 15) is 22.4 Å². The monoisotopic (exact) mass is 452 g/mol. The zero-order valence-corrected chi connectivity index (χ0v) is 18.0. The molecule has 0 saturated carbocycles. The molecule has 31 heavy (non-hydrogen) atoms. The lowest BCUT2D eigenvalue weighted by Gasteiger charge is -2.16. The number of amides is 1. The molecular weight excluding hydrogens is 431 g/mol. The lowest BCUT2D eigenvalue weighted by molar-refractivity contribution is -0.134. The number of nitrogens with one attached hydrogen (secondary N) is 2. The predicted molar refractivity (Wildman–Crippen MR) is 112 cm³/mol. The Hall–Kier alpha value is -3.60. The standard InChI is InChI=1S/C20H21FN2O7S/c1-12(24)22-14-6-7-15(21)16(11-14)23-31(26,27)18-10-13(5-8-19(25)29-3)9-17(28-2)20(18)30-4/h5-11,23H,1-4H3,(H,22,24)/b8-5+. The number of hydrogen-bond donors (Lipinski definition) is 2. The molecular formula is C20H21FN2O7S. The van der Waals surface area contributed by atoms with E-state index in [4.69, 9.17) is 9.47 Å². The molecule has 0 radical (unpaired) electrons. The van der Waals surface area contributed by atoms with Gasteiger partial charge in [-0.3, -0.25) is 9.52 Å². The molecule has 9 nitrogen and oxygen atoms in total. The van der Waals surface area contributed by atoms with Crippen LogP contribution in [0.15, 0.2) is 41.3 Å². The van der Waals surface area contributed by atoms with Gasteiger partial charge in [-0.05, 0) is 42.0 Å². The molecule has 0 heterocycles. The maximum atomic E-state index is 14.3. The normalized spacial score (nSPS) is 11.1. The number of methoxy groups -OCH3 is 3. The van der Waals surface area contributed by atoms with Gasteiger partial charge in [0.25, 0.3) is 10.0 Å². The van der Waals surface area contributed by atoms with Gasteiger partial charge in [0.1, 0.15) is 10.7 Å². The van der Waals surface area contributed by atoms with Crippen LogP contribution in [0.25, 0.3) is 6.08 Å². The minimum atomic E-state index is -4.38. The van der Waals surface area contributed by atoms with E-state index in [0.29, 0.717) is 0 Å². The number of esters is 1. The van der Waals surface area contributed by atoms with Crippen LogP contribution < -0.4 is 19.5 Å². The van der Waals surface area contributed by atoms with Crippen LogP contribution in [0.5, 0.6) is 11.5 Å². The maximum Gasteiger partial charge on any atom is 0.330 e. The van der Waals surface area contributed by atoms with Gasteiger partial charge < -0.3 is 19.5 Å². The van der Waals surface area contributed by atoms with Crippen molar-refractivity contribution in [3.05, 3.63) is 47.8 Å². The number of hydrogen-bond acceptors (Lipinski definition) is 7. The van der Waals surface area contributed by atoms with E-state index < -0.39 is 27.7 Å². The number of sulfonamides is 1. The molecule has 2 N–H and O–H groups in total. The third-order valence-corrected chi connectivity index (χ3v) is 5.27. The lowest BCUT2D eigenvalue weighted by atomic mass is 10.2. The Morgan fingerprint density at radius 1 is 1.06 bits per heavy atom. The van der Waals surface area contributed by atoms with E-state index in [2.05, 4.69) is 14.8 Å². The molecule has 1 amide bonds. The quantitative estimate of drug-likeness (QED) is 0.467. The highest BCUT2D eigenvalue weighted by atomic mass is 32.2. The van der Waals surface area contributed by atoms with E-state index in [1.807, 2.05) is 0 Å². The zero-order chi connectivity index (χ0) is 23.2. The van der Waals surface area contributed by atoms with Crippen LogP contribution in [-0.2, 0) is 24.3 Å². The van der Waals surface area contributed by atoms with Crippen molar-refractivity contribution in [3.8, 4) is 11.5 Å². The first-order valence-electron chi connectivity index (χ1n) is 8.73. The molecule has 11 heteroatoms. The Kier molecular flexibility index (Phi) is 7.59. The second-order valence-electron chi connectivity index (χ2n) is 6.09. The third-order valence-electron chi connectivity index (χ3n) is 3.90. The largest absolute Gasteiger partial charge is 0.493 e. The summed E-state index contributed by atoms with van der Waals surface area (Å²) in [5.74, 6) is -1.96. The van der Waals surface area contributed by atoms with Crippen molar-refractivity contribution in [1.82, 2.24) is 0 Å². The Morgan fingerprint density at radius 3 is 2.35 bits per heavy atom. The number of ether oxygens (including phenoxy) is 3. The summed E-state index contributed by atoms with van der Waals surface area (Å²) < 4.78 is 57.4. The van der Waals surface area contributed by atoms with E-state index in [1.165, 1.54) is 52.5 Å². The molecule has 0 aliphatic rings. The van der Waals surface area contributed by atoms with E-state index in [-0.39, 0.29) is 33.3 Å². The fraction of sp³-hybridized carbons (Fsp3) is 0.200. The van der Waals surface area contributed by atoms with Gasteiger partial charge in [0.2, 0.25) is 5.91 Å². The van der Waals surface area contributed by atoms with Crippen molar-refractivity contribution in [3.63, 3.8) is 0 Å². The summed E-state index contributed by atoms with van der Waals surface area (Å²) in [6.45, 7) is 1.26. The van der Waals surface area contributed by atoms with Crippen LogP contribution in [0.3, 0.4) is 0 Å². The Bertz CT molecular complexity index is 1130. The summed E-state index contributed by atoms with van der Waals surface area (Å²) in [6.07, 6.45) is 2.42. The van der Waals surface area contributed by atoms with Crippen molar-refractivity contribution in [2.75, 3.05) is 31.4 Å². The van der Waals surface area contributed by atoms with Gasteiger partial charge in [-0.2, -0.15) is 0 Å². The number of halogens is 1. The number of benzene rings is 2. The predicted octanol–water partition coefficient (Wildman–Crippen LogP) is 2.79. The van der Waals surface area contributed by atoms with E-state index >= 15 is 0 Å². The van der Waals surface area contributed by atoms with E-state index in [0.717, 1.165) is 18.2 Å². The molecule has 0 spiro atoms. The van der Waals surface area contributed by atoms with Crippen molar-refractivity contribution in [2.45, 2.75) is 11.8 Å². The van der Waals surface area contributed by atoms with Gasteiger partial charge in [0.05, 0.1) is 27.0 Å². The summed E-state index contributed by atoms with van der Waals surface area (Å²) in [7, 11) is -0.621. The molecule has 2 aromatic rings. The number of carbonyl (C=O) groups excluding carboxylic acids is 2. The number of anilines is 2. The highest BCUT2D eigenvalue weighted by Crippen LogP contribution is 2.37. The zero-order valence-electron chi connectivity index (χ0n) is 17.2. The Morgan fingerprint density at radius 2 is 1.77 bits per heavy atom. The van der Waals surface area contributed by atoms with Crippen LogP contribution in [0.2, 0.25) is 0 Å². The third kappa shape index (κ3) is 5.95. The fourth-order valence-electron chi connectivity index (χ4n) is 2.56. The first kappa shape index (κ1) is 23.7. The molecule has 0 aliphatic carbocycles. The van der Waals surface area contributed by atoms with Crippen molar-refractivity contribution >= 4 is 39.4 Å². The molecule has 0 bridgehead atoms. The molecule has 2 aromatic carbocycles. The summed E-state index contributed by atoms with van der Waals surface area (Å²) in [5.41, 5.74) is 0.101. The first-order valence-corrected chi connectivity index (χ1v) is 10.2. The fourth-order valence-corrected chi connectivity index (χ4v) is 3.84. The minimum Gasteiger partial charge on any atom is -0.493 e. The van der Waals surface area contributed by atoms with Crippen LogP contribution in [0.4, 0.5) is 15.8 Å². The van der Waals surface area contributed by atoms with Crippen molar-refractivity contribution < 1.29 is 36.6 Å². The average molecular weight is 452 g/mol. The molecule has 2 rings (SSSR count). The summed E-state index contributed by atoms with van der Waals surface area (Å²) in [5, 5.41) is 2.44. The van der Waals surface area contributed by atoms with Gasteiger partial charge in [0.15, 0.2) is 11.5 Å². The van der Waals surface area contributed by atoms with Gasteiger partial charge in [-0.15, -0.1) is 0 Å². The highest BCUT2D eigenvalue weighted by molar-refractivity contribution is 7.92. The molecule has 0 atom stereocenters. The number of carbonyl (C=O) groups is 2. The molecule has 0 aromatic heterocycles. The average Bonchev–Trinajstić information content (AvgIpc) is 2.72. The van der Waals surface area contributed by atoms with Crippen LogP contribution >= 0.6 is 0 Å². The van der Waals surface area contributed by atoms with Gasteiger partial charge in [-0.1, -0.05) is 0 Å². The Labute approximate surface area is 178 Å². The molecule has 0 fully saturated rings. The summed E-state index contributed by atoms with van der Waals surface area (Å²) >= 11 is 0. The van der Waals surface area contributed by atoms with Crippen molar-refractivity contribution in [2.24, 2.45) is 0 Å². The smallest absolute Gasteiger partial charge is 0.330 e. The Balaban J connectivity index is 2.55. The van der Waals surface area contributed by atoms with Crippen LogP contribution in [0.1, 0.15) is 12.5 Å². The van der Waals surface area contributed by atoms with Gasteiger partial charge in [0, 0.05) is 18.7 Å². The van der Waals surface area contributed by atoms with E-state index in [1.54, 1.807) is 0 Å². The van der Waals surface area contributed by atoms with Crippen LogP contribution in [-0.4, -0.2) is 41.6 Å². The SMILES string of the molecule is COC(=O)/C=C/c1cc(OC)c(OC)c(S(=O)(=O)Nc2cc(NC(C)=O)ccc2F)c1.